The predicted octanol–water partition coefficient (Wildman–Crippen LogP) is 3.69. The molecule has 0 aliphatic rings. The minimum Gasteiger partial charge on any atom is -0.481 e. The zero-order valence-electron chi connectivity index (χ0n) is 22.6. The molecule has 9 nitrogen and oxygen atoms in total. The van der Waals surface area contributed by atoms with Crippen LogP contribution in [0.3, 0.4) is 0 Å². The molecule has 0 amide bonds. The maximum Gasteiger partial charge on any atom is 0.323 e. The van der Waals surface area contributed by atoms with Crippen LogP contribution in [0.5, 0.6) is 0 Å². The van der Waals surface area contributed by atoms with Crippen LogP contribution < -0.4 is 5.73 Å². The number of thioether (sulfide) groups is 1. The Bertz CT molecular complexity index is 781. The SMILES string of the molecule is CCCCC/C=C\C\C=C/C=C/C=C/[C@@H](SC[C@H](N)C(=O)OC[C@@H](O)COC(C)=O)[C@@H](O)CCCC(=O)O. The smallest absolute Gasteiger partial charge is 0.323 e. The van der Waals surface area contributed by atoms with Crippen molar-refractivity contribution in [2.24, 2.45) is 5.73 Å². The normalized spacial score (nSPS) is 15.3. The number of allylic oxidation sites excluding steroid dienone is 7. The van der Waals surface area contributed by atoms with E-state index in [0.717, 1.165) is 12.8 Å². The van der Waals surface area contributed by atoms with E-state index < -0.39 is 41.4 Å². The molecule has 0 spiro atoms. The molecular weight excluding hydrogens is 510 g/mol. The third-order valence-corrected chi connectivity index (χ3v) is 6.53. The summed E-state index contributed by atoms with van der Waals surface area (Å²) in [5.74, 6) is -2.08. The molecule has 0 bridgehead atoms. The molecule has 38 heavy (non-hydrogen) atoms. The van der Waals surface area contributed by atoms with Crippen LogP contribution in [0.2, 0.25) is 0 Å². The van der Waals surface area contributed by atoms with E-state index in [9.17, 15) is 24.6 Å². The van der Waals surface area contributed by atoms with Crippen LogP contribution in [0.15, 0.2) is 48.6 Å². The van der Waals surface area contributed by atoms with Gasteiger partial charge in [-0.15, -0.1) is 11.8 Å². The average Bonchev–Trinajstić information content (AvgIpc) is 2.87. The molecule has 0 radical (unpaired) electrons. The molecule has 0 unspecified atom stereocenters. The quantitative estimate of drug-likeness (QED) is 0.0672. The second-order valence-corrected chi connectivity index (χ2v) is 9.96. The Morgan fingerprint density at radius 1 is 0.947 bits per heavy atom. The molecule has 5 N–H and O–H groups in total. The van der Waals surface area contributed by atoms with Crippen molar-refractivity contribution in [2.75, 3.05) is 19.0 Å². The van der Waals surface area contributed by atoms with E-state index in [1.54, 1.807) is 12.2 Å². The number of nitrogens with two attached hydrogens (primary N) is 1. The van der Waals surface area contributed by atoms with Crippen LogP contribution in [-0.2, 0) is 23.9 Å². The van der Waals surface area contributed by atoms with Gasteiger partial charge in [0.2, 0.25) is 0 Å². The van der Waals surface area contributed by atoms with Crippen LogP contribution in [0, 0.1) is 0 Å². The average molecular weight is 556 g/mol. The van der Waals surface area contributed by atoms with E-state index in [1.165, 1.54) is 37.9 Å². The summed E-state index contributed by atoms with van der Waals surface area (Å²) >= 11 is 1.25. The van der Waals surface area contributed by atoms with Crippen molar-refractivity contribution < 1.29 is 39.2 Å². The summed E-state index contributed by atoms with van der Waals surface area (Å²) in [7, 11) is 0. The molecule has 10 heteroatoms. The molecule has 0 saturated carbocycles. The van der Waals surface area contributed by atoms with Crippen LogP contribution in [0.1, 0.15) is 65.2 Å². The number of aliphatic hydroxyl groups excluding tert-OH is 2. The topological polar surface area (TPSA) is 156 Å². The highest BCUT2D eigenvalue weighted by atomic mass is 32.2. The van der Waals surface area contributed by atoms with Crippen LogP contribution in [0.4, 0.5) is 0 Å². The highest BCUT2D eigenvalue weighted by Gasteiger charge is 2.22. The van der Waals surface area contributed by atoms with Gasteiger partial charge in [0.1, 0.15) is 25.4 Å². The van der Waals surface area contributed by atoms with Crippen molar-refractivity contribution >= 4 is 29.7 Å². The minimum atomic E-state index is -1.16. The molecule has 0 aromatic rings. The number of hydrogen-bond donors (Lipinski definition) is 4. The number of unbranched alkanes of at least 4 members (excludes halogenated alkanes) is 3. The van der Waals surface area contributed by atoms with Gasteiger partial charge < -0.3 is 30.5 Å². The van der Waals surface area contributed by atoms with E-state index >= 15 is 0 Å². The number of hydrogen-bond acceptors (Lipinski definition) is 9. The number of carboxylic acids is 1. The lowest BCUT2D eigenvalue weighted by molar-refractivity contribution is -0.151. The first-order chi connectivity index (χ1) is 18.2. The van der Waals surface area contributed by atoms with E-state index in [2.05, 4.69) is 23.8 Å². The van der Waals surface area contributed by atoms with Crippen LogP contribution in [-0.4, -0.2) is 75.7 Å². The summed E-state index contributed by atoms with van der Waals surface area (Å²) in [5, 5.41) is 28.7. The molecule has 216 valence electrons. The fourth-order valence-electron chi connectivity index (χ4n) is 3.02. The second-order valence-electron chi connectivity index (χ2n) is 8.75. The Balaban J connectivity index is 4.75. The number of carbonyl (C=O) groups excluding carboxylic acids is 2. The number of carbonyl (C=O) groups is 3. The highest BCUT2D eigenvalue weighted by molar-refractivity contribution is 8.00. The van der Waals surface area contributed by atoms with E-state index in [4.69, 9.17) is 15.6 Å². The lowest BCUT2D eigenvalue weighted by Gasteiger charge is -2.21. The highest BCUT2D eigenvalue weighted by Crippen LogP contribution is 2.21. The van der Waals surface area contributed by atoms with E-state index in [0.29, 0.717) is 6.42 Å². The first kappa shape index (κ1) is 35.6. The van der Waals surface area contributed by atoms with Gasteiger partial charge in [-0.3, -0.25) is 14.4 Å². The third-order valence-electron chi connectivity index (χ3n) is 5.12. The van der Waals surface area contributed by atoms with Crippen molar-refractivity contribution in [2.45, 2.75) is 88.7 Å². The zero-order chi connectivity index (χ0) is 28.6. The molecule has 0 heterocycles. The number of carboxylic acid groups (broad SMARTS) is 1. The Kier molecular flexibility index (Phi) is 22.2. The number of rotatable bonds is 22. The Labute approximate surface area is 230 Å². The molecule has 0 aromatic heterocycles. The first-order valence-corrected chi connectivity index (χ1v) is 14.1. The largest absolute Gasteiger partial charge is 0.481 e. The van der Waals surface area contributed by atoms with Crippen LogP contribution in [0.25, 0.3) is 0 Å². The molecular formula is C28H45NO8S. The van der Waals surface area contributed by atoms with Gasteiger partial charge in [0.25, 0.3) is 0 Å². The summed E-state index contributed by atoms with van der Waals surface area (Å²) in [4.78, 5) is 33.7. The molecule has 0 saturated heterocycles. The van der Waals surface area contributed by atoms with Crippen molar-refractivity contribution in [1.29, 1.82) is 0 Å². The van der Waals surface area contributed by atoms with Crippen molar-refractivity contribution in [1.82, 2.24) is 0 Å². The molecule has 0 aliphatic heterocycles. The second kappa shape index (κ2) is 23.7. The summed E-state index contributed by atoms with van der Waals surface area (Å²) in [6.45, 7) is 2.74. The fourth-order valence-corrected chi connectivity index (χ4v) is 4.14. The van der Waals surface area contributed by atoms with E-state index in [1.807, 2.05) is 24.3 Å². The van der Waals surface area contributed by atoms with Gasteiger partial charge in [0.05, 0.1) is 6.10 Å². The Hall–Kier alpha value is -2.40. The fraction of sp³-hybridized carbons (Fsp3) is 0.607. The lowest BCUT2D eigenvalue weighted by atomic mass is 10.1. The van der Waals surface area contributed by atoms with Crippen molar-refractivity contribution in [3.8, 4) is 0 Å². The lowest BCUT2D eigenvalue weighted by Crippen LogP contribution is -2.38. The third kappa shape index (κ3) is 21.7. The monoisotopic (exact) mass is 555 g/mol. The number of ether oxygens (including phenoxy) is 2. The minimum absolute atomic E-state index is 0.0442. The number of aliphatic hydroxyl groups is 2. The van der Waals surface area contributed by atoms with Gasteiger partial charge in [0, 0.05) is 24.3 Å². The van der Waals surface area contributed by atoms with Gasteiger partial charge in [0.15, 0.2) is 0 Å². The van der Waals surface area contributed by atoms with Crippen LogP contribution >= 0.6 is 11.8 Å². The van der Waals surface area contributed by atoms with Gasteiger partial charge in [-0.05, 0) is 32.1 Å². The molecule has 4 atom stereocenters. The maximum absolute atomic E-state index is 12.1. The summed E-state index contributed by atoms with van der Waals surface area (Å²) in [5.41, 5.74) is 5.91. The molecule has 0 aliphatic carbocycles. The van der Waals surface area contributed by atoms with Gasteiger partial charge in [-0.25, -0.2) is 0 Å². The zero-order valence-corrected chi connectivity index (χ0v) is 23.4. The van der Waals surface area contributed by atoms with Gasteiger partial charge in [-0.1, -0.05) is 68.4 Å². The summed E-state index contributed by atoms with van der Waals surface area (Å²) in [6, 6.07) is -1.00. The predicted molar refractivity (Wildman–Crippen MR) is 151 cm³/mol. The Morgan fingerprint density at radius 3 is 2.34 bits per heavy atom. The maximum atomic E-state index is 12.1. The molecule has 0 rings (SSSR count). The standard InChI is InChI=1S/C28H45NO8S/c1-3-4-5-6-7-8-9-10-11-12-13-14-17-26(25(32)16-15-18-27(33)34)38-21-24(29)28(35)37-20-23(31)19-36-22(2)30/h7-8,10-14,17,23-26,31-32H,3-6,9,15-16,18-21,29H2,1-2H3,(H,33,34)/b8-7-,11-10-,13-12+,17-14+/t23-,24-,25-,26+/m0/s1. The molecule has 0 aromatic carbocycles. The van der Waals surface area contributed by atoms with E-state index in [-0.39, 0.29) is 31.8 Å². The summed E-state index contributed by atoms with van der Waals surface area (Å²) in [6.07, 6.45) is 19.8. The molecule has 0 fully saturated rings. The first-order valence-electron chi connectivity index (χ1n) is 13.1. The number of aliphatic carboxylic acids is 1. The van der Waals surface area contributed by atoms with Crippen molar-refractivity contribution in [3.63, 3.8) is 0 Å². The number of esters is 2. The van der Waals surface area contributed by atoms with Gasteiger partial charge >= 0.3 is 17.9 Å². The Morgan fingerprint density at radius 2 is 1.66 bits per heavy atom. The van der Waals surface area contributed by atoms with Gasteiger partial charge in [-0.2, -0.15) is 0 Å². The van der Waals surface area contributed by atoms with Crippen molar-refractivity contribution in [3.05, 3.63) is 48.6 Å². The summed E-state index contributed by atoms with van der Waals surface area (Å²) < 4.78 is 9.62.